The van der Waals surface area contributed by atoms with E-state index in [1.165, 1.54) is 0 Å². The molecule has 4 heteroatoms. The number of para-hydroxylation sites is 1. The molecule has 0 spiro atoms. The molecular formula is C13H16N2O2. The van der Waals surface area contributed by atoms with Crippen LogP contribution in [0.1, 0.15) is 16.8 Å². The quantitative estimate of drug-likeness (QED) is 0.754. The second-order valence-corrected chi connectivity index (χ2v) is 4.84. The molecule has 1 amide bonds. The second kappa shape index (κ2) is 4.04. The normalized spacial score (nSPS) is 27.2. The summed E-state index contributed by atoms with van der Waals surface area (Å²) in [5.74, 6) is 0.603. The van der Waals surface area contributed by atoms with E-state index in [2.05, 4.69) is 5.32 Å². The molecule has 17 heavy (non-hydrogen) atoms. The zero-order valence-corrected chi connectivity index (χ0v) is 9.60. The number of phenolic OH excluding ortho intramolecular Hbond substituents is 1. The zero-order valence-electron chi connectivity index (χ0n) is 9.60. The Hall–Kier alpha value is -1.55. The highest BCUT2D eigenvalue weighted by Crippen LogP contribution is 2.27. The summed E-state index contributed by atoms with van der Waals surface area (Å²) in [5.41, 5.74) is 0.410. The second-order valence-electron chi connectivity index (χ2n) is 4.84. The standard InChI is InChI=1S/C13H16N2O2/c16-12-4-2-1-3-10(12)13(17)15-7-9-5-6-14-11(9)8-15/h1-4,9,11,14,16H,5-8H2/t9-,11+/m0/s1. The lowest BCUT2D eigenvalue weighted by Crippen LogP contribution is -2.33. The van der Waals surface area contributed by atoms with Gasteiger partial charge in [-0.2, -0.15) is 0 Å². The van der Waals surface area contributed by atoms with Crippen molar-refractivity contribution >= 4 is 5.91 Å². The van der Waals surface area contributed by atoms with Crippen LogP contribution in [0.3, 0.4) is 0 Å². The predicted molar refractivity (Wildman–Crippen MR) is 63.9 cm³/mol. The third-order valence-electron chi connectivity index (χ3n) is 3.78. The summed E-state index contributed by atoms with van der Waals surface area (Å²) in [5, 5.41) is 13.1. The number of nitrogens with zero attached hydrogens (tertiary/aromatic N) is 1. The minimum Gasteiger partial charge on any atom is -0.507 e. The molecule has 0 aliphatic carbocycles. The SMILES string of the molecule is O=C(c1ccccc1O)N1C[C@@H]2CCN[C@@H]2C1. The van der Waals surface area contributed by atoms with Gasteiger partial charge in [0.05, 0.1) is 5.56 Å². The number of benzene rings is 1. The van der Waals surface area contributed by atoms with Gasteiger partial charge < -0.3 is 15.3 Å². The Morgan fingerprint density at radius 2 is 2.18 bits per heavy atom. The fourth-order valence-electron chi connectivity index (χ4n) is 2.84. The Labute approximate surface area is 100 Å². The molecule has 2 N–H and O–H groups in total. The van der Waals surface area contributed by atoms with Crippen molar-refractivity contribution in [2.24, 2.45) is 5.92 Å². The van der Waals surface area contributed by atoms with Crippen LogP contribution >= 0.6 is 0 Å². The number of amides is 1. The number of phenols is 1. The topological polar surface area (TPSA) is 52.6 Å². The fourth-order valence-corrected chi connectivity index (χ4v) is 2.84. The number of carbonyl (C=O) groups is 1. The van der Waals surface area contributed by atoms with E-state index < -0.39 is 0 Å². The van der Waals surface area contributed by atoms with Crippen LogP contribution in [-0.2, 0) is 0 Å². The molecule has 1 aromatic carbocycles. The molecule has 2 aliphatic heterocycles. The highest BCUT2D eigenvalue weighted by molar-refractivity contribution is 5.97. The van der Waals surface area contributed by atoms with Crippen molar-refractivity contribution in [2.75, 3.05) is 19.6 Å². The van der Waals surface area contributed by atoms with Crippen LogP contribution in [0.15, 0.2) is 24.3 Å². The van der Waals surface area contributed by atoms with E-state index in [4.69, 9.17) is 0 Å². The van der Waals surface area contributed by atoms with Gasteiger partial charge in [0.2, 0.25) is 0 Å². The Kier molecular flexibility index (Phi) is 2.52. The van der Waals surface area contributed by atoms with E-state index in [1.807, 2.05) is 4.90 Å². The lowest BCUT2D eigenvalue weighted by molar-refractivity contribution is 0.0779. The average Bonchev–Trinajstić information content (AvgIpc) is 2.88. The Morgan fingerprint density at radius 3 is 2.94 bits per heavy atom. The van der Waals surface area contributed by atoms with Crippen LogP contribution in [0.25, 0.3) is 0 Å². The number of carbonyl (C=O) groups excluding carboxylic acids is 1. The van der Waals surface area contributed by atoms with Gasteiger partial charge in [-0.25, -0.2) is 0 Å². The number of hydrogen-bond acceptors (Lipinski definition) is 3. The summed E-state index contributed by atoms with van der Waals surface area (Å²) in [6, 6.07) is 7.19. The first-order valence-electron chi connectivity index (χ1n) is 6.06. The number of likely N-dealkylation sites (tertiary alicyclic amines) is 1. The zero-order chi connectivity index (χ0) is 11.8. The number of aromatic hydroxyl groups is 1. The summed E-state index contributed by atoms with van der Waals surface area (Å²) in [7, 11) is 0. The van der Waals surface area contributed by atoms with Gasteiger partial charge in [-0.05, 0) is 31.0 Å². The van der Waals surface area contributed by atoms with E-state index in [0.717, 1.165) is 26.1 Å². The molecular weight excluding hydrogens is 216 g/mol. The fraction of sp³-hybridized carbons (Fsp3) is 0.462. The first-order chi connectivity index (χ1) is 8.25. The molecule has 2 saturated heterocycles. The van der Waals surface area contributed by atoms with Gasteiger partial charge in [0, 0.05) is 19.1 Å². The molecule has 2 aliphatic rings. The molecule has 0 aromatic heterocycles. The van der Waals surface area contributed by atoms with Crippen molar-refractivity contribution < 1.29 is 9.90 Å². The molecule has 0 saturated carbocycles. The minimum absolute atomic E-state index is 0.0562. The van der Waals surface area contributed by atoms with E-state index in [0.29, 0.717) is 17.5 Å². The molecule has 2 heterocycles. The third-order valence-corrected chi connectivity index (χ3v) is 3.78. The Morgan fingerprint density at radius 1 is 1.35 bits per heavy atom. The van der Waals surface area contributed by atoms with Crippen LogP contribution in [0.4, 0.5) is 0 Å². The summed E-state index contributed by atoms with van der Waals surface area (Å²) in [6.45, 7) is 2.64. The van der Waals surface area contributed by atoms with Crippen LogP contribution in [0.2, 0.25) is 0 Å². The molecule has 3 rings (SSSR count). The maximum atomic E-state index is 12.2. The van der Waals surface area contributed by atoms with Gasteiger partial charge in [0.15, 0.2) is 0 Å². The number of hydrogen-bond donors (Lipinski definition) is 2. The highest BCUT2D eigenvalue weighted by Gasteiger charge is 2.38. The van der Waals surface area contributed by atoms with Crippen LogP contribution < -0.4 is 5.32 Å². The van der Waals surface area contributed by atoms with Gasteiger partial charge in [-0.1, -0.05) is 12.1 Å². The summed E-state index contributed by atoms with van der Waals surface area (Å²) in [6.07, 6.45) is 1.15. The van der Waals surface area contributed by atoms with E-state index in [-0.39, 0.29) is 11.7 Å². The third kappa shape index (κ3) is 1.78. The van der Waals surface area contributed by atoms with Crippen LogP contribution in [0.5, 0.6) is 5.75 Å². The van der Waals surface area contributed by atoms with Crippen molar-refractivity contribution in [3.05, 3.63) is 29.8 Å². The number of nitrogens with one attached hydrogen (secondary N) is 1. The first kappa shape index (κ1) is 10.6. The van der Waals surface area contributed by atoms with Crippen molar-refractivity contribution in [1.29, 1.82) is 0 Å². The monoisotopic (exact) mass is 232 g/mol. The number of rotatable bonds is 1. The van der Waals surface area contributed by atoms with Gasteiger partial charge in [0.25, 0.3) is 5.91 Å². The smallest absolute Gasteiger partial charge is 0.257 e. The molecule has 0 unspecified atom stereocenters. The van der Waals surface area contributed by atoms with E-state index >= 15 is 0 Å². The average molecular weight is 232 g/mol. The summed E-state index contributed by atoms with van der Waals surface area (Å²) in [4.78, 5) is 14.1. The molecule has 2 fully saturated rings. The largest absolute Gasteiger partial charge is 0.507 e. The molecule has 2 atom stereocenters. The van der Waals surface area contributed by atoms with E-state index in [1.54, 1.807) is 24.3 Å². The molecule has 4 nitrogen and oxygen atoms in total. The number of fused-ring (bicyclic) bond motifs is 1. The maximum Gasteiger partial charge on any atom is 0.257 e. The van der Waals surface area contributed by atoms with Crippen molar-refractivity contribution in [3.8, 4) is 5.75 Å². The van der Waals surface area contributed by atoms with Gasteiger partial charge >= 0.3 is 0 Å². The Balaban J connectivity index is 1.78. The van der Waals surface area contributed by atoms with Gasteiger partial charge in [-0.3, -0.25) is 4.79 Å². The highest BCUT2D eigenvalue weighted by atomic mass is 16.3. The van der Waals surface area contributed by atoms with Gasteiger partial charge in [0.1, 0.15) is 5.75 Å². The molecule has 0 bridgehead atoms. The first-order valence-corrected chi connectivity index (χ1v) is 6.06. The summed E-state index contributed by atoms with van der Waals surface area (Å²) < 4.78 is 0. The van der Waals surface area contributed by atoms with Crippen molar-refractivity contribution in [3.63, 3.8) is 0 Å². The lowest BCUT2D eigenvalue weighted by atomic mass is 10.1. The molecule has 1 aromatic rings. The Bertz CT molecular complexity index is 435. The lowest BCUT2D eigenvalue weighted by Gasteiger charge is -2.17. The maximum absolute atomic E-state index is 12.2. The van der Waals surface area contributed by atoms with E-state index in [9.17, 15) is 9.90 Å². The summed E-state index contributed by atoms with van der Waals surface area (Å²) >= 11 is 0. The molecule has 0 radical (unpaired) electrons. The van der Waals surface area contributed by atoms with Crippen LogP contribution in [0, 0.1) is 5.92 Å². The van der Waals surface area contributed by atoms with Crippen molar-refractivity contribution in [1.82, 2.24) is 10.2 Å². The predicted octanol–water partition coefficient (Wildman–Crippen LogP) is 0.826. The van der Waals surface area contributed by atoms with Gasteiger partial charge in [-0.15, -0.1) is 0 Å². The van der Waals surface area contributed by atoms with Crippen molar-refractivity contribution in [2.45, 2.75) is 12.5 Å². The minimum atomic E-state index is -0.0562. The molecule has 90 valence electrons. The van der Waals surface area contributed by atoms with Crippen LogP contribution in [-0.4, -0.2) is 41.6 Å².